The highest BCUT2D eigenvalue weighted by Gasteiger charge is 2.25. The molecule has 0 radical (unpaired) electrons. The molecule has 0 bridgehead atoms. The van der Waals surface area contributed by atoms with Gasteiger partial charge in [0.1, 0.15) is 12.4 Å². The third-order valence-corrected chi connectivity index (χ3v) is 4.40. The Morgan fingerprint density at radius 1 is 1.25 bits per heavy atom. The predicted molar refractivity (Wildman–Crippen MR) is 94.3 cm³/mol. The van der Waals surface area contributed by atoms with Gasteiger partial charge in [0.25, 0.3) is 0 Å². The molecule has 1 amide bonds. The Balaban J connectivity index is 1.61. The van der Waals surface area contributed by atoms with Gasteiger partial charge >= 0.3 is 0 Å². The largest absolute Gasteiger partial charge is 0.476 e. The van der Waals surface area contributed by atoms with E-state index in [0.29, 0.717) is 13.0 Å². The van der Waals surface area contributed by atoms with E-state index in [9.17, 15) is 4.79 Å². The van der Waals surface area contributed by atoms with Crippen LogP contribution in [0.2, 0.25) is 0 Å². The van der Waals surface area contributed by atoms with Gasteiger partial charge in [0.15, 0.2) is 0 Å². The molecule has 0 saturated carbocycles. The molecule has 1 N–H and O–H groups in total. The van der Waals surface area contributed by atoms with Crippen LogP contribution in [0.25, 0.3) is 0 Å². The van der Waals surface area contributed by atoms with Crippen molar-refractivity contribution in [3.63, 3.8) is 0 Å². The summed E-state index contributed by atoms with van der Waals surface area (Å²) in [6.07, 6.45) is 0.602. The minimum absolute atomic E-state index is 0.0398. The molecule has 2 aliphatic heterocycles. The minimum atomic E-state index is 0.0398. The lowest BCUT2D eigenvalue weighted by atomic mass is 9.91. The van der Waals surface area contributed by atoms with Crippen LogP contribution in [-0.2, 0) is 11.3 Å². The van der Waals surface area contributed by atoms with Crippen LogP contribution in [0.15, 0.2) is 12.1 Å². The molecule has 24 heavy (non-hydrogen) atoms. The monoisotopic (exact) mass is 332 g/mol. The first kappa shape index (κ1) is 17.0. The van der Waals surface area contributed by atoms with E-state index in [1.54, 1.807) is 0 Å². The highest BCUT2D eigenvalue weighted by molar-refractivity contribution is 5.77. The fraction of sp³-hybridized carbons (Fsp3) is 0.667. The number of rotatable bonds is 2. The van der Waals surface area contributed by atoms with E-state index < -0.39 is 0 Å². The van der Waals surface area contributed by atoms with Gasteiger partial charge in [-0.25, -0.2) is 0 Å². The zero-order chi connectivity index (χ0) is 17.2. The molecule has 0 atom stereocenters. The predicted octanol–water partition coefficient (Wildman–Crippen LogP) is 1.65. The summed E-state index contributed by atoms with van der Waals surface area (Å²) in [6, 6.07) is 4.15. The van der Waals surface area contributed by atoms with Gasteiger partial charge in [-0.2, -0.15) is 4.98 Å². The number of carbonyl (C=O) groups excluding carboxylic acids is 1. The molecule has 1 fully saturated rings. The number of aromatic nitrogens is 1. The molecule has 1 saturated heterocycles. The fourth-order valence-electron chi connectivity index (χ4n) is 3.09. The lowest BCUT2D eigenvalue weighted by Gasteiger charge is -2.36. The van der Waals surface area contributed by atoms with Crippen molar-refractivity contribution >= 4 is 11.7 Å². The van der Waals surface area contributed by atoms with Gasteiger partial charge < -0.3 is 19.9 Å². The number of fused-ring (bicyclic) bond motifs is 1. The Morgan fingerprint density at radius 3 is 2.71 bits per heavy atom. The van der Waals surface area contributed by atoms with E-state index >= 15 is 0 Å². The van der Waals surface area contributed by atoms with E-state index in [4.69, 9.17) is 4.74 Å². The van der Waals surface area contributed by atoms with Crippen LogP contribution in [0.5, 0.6) is 5.88 Å². The number of nitrogens with zero attached hydrogens (tertiary/aromatic N) is 3. The van der Waals surface area contributed by atoms with Gasteiger partial charge in [0.05, 0.1) is 0 Å². The number of hydrogen-bond donors (Lipinski definition) is 1. The Bertz CT molecular complexity index is 589. The summed E-state index contributed by atoms with van der Waals surface area (Å²) in [5.41, 5.74) is 1.15. The summed E-state index contributed by atoms with van der Waals surface area (Å²) in [4.78, 5) is 21.3. The quantitative estimate of drug-likeness (QED) is 0.892. The van der Waals surface area contributed by atoms with Crippen LogP contribution in [0.1, 0.15) is 32.8 Å². The van der Waals surface area contributed by atoms with Crippen molar-refractivity contribution in [3.05, 3.63) is 17.7 Å². The van der Waals surface area contributed by atoms with Gasteiger partial charge in [-0.05, 0) is 17.5 Å². The van der Waals surface area contributed by atoms with Crippen LogP contribution in [-0.4, -0.2) is 55.1 Å². The molecule has 6 heteroatoms. The number of nitrogens with one attached hydrogen (secondary N) is 1. The number of pyridine rings is 1. The van der Waals surface area contributed by atoms with E-state index in [1.807, 2.05) is 4.90 Å². The Labute approximate surface area is 144 Å². The lowest BCUT2D eigenvalue weighted by Crippen LogP contribution is -2.49. The standard InChI is InChI=1S/C18H28N4O2/c1-18(2,3)12-16(23)22-9-7-21(8-10-22)15-5-4-14-13-19-6-11-24-17(14)20-15/h4-5,19H,6-13H2,1-3H3. The molecule has 6 nitrogen and oxygen atoms in total. The van der Waals surface area contributed by atoms with Crippen molar-refractivity contribution in [1.29, 1.82) is 0 Å². The highest BCUT2D eigenvalue weighted by Crippen LogP contribution is 2.24. The van der Waals surface area contributed by atoms with Crippen LogP contribution >= 0.6 is 0 Å². The average Bonchev–Trinajstić information content (AvgIpc) is 2.78. The summed E-state index contributed by atoms with van der Waals surface area (Å²) in [5.74, 6) is 1.94. The van der Waals surface area contributed by atoms with Gasteiger partial charge in [-0.1, -0.05) is 20.8 Å². The molecule has 1 aromatic heterocycles. The van der Waals surface area contributed by atoms with Crippen molar-refractivity contribution in [2.45, 2.75) is 33.7 Å². The number of piperazine rings is 1. The van der Waals surface area contributed by atoms with Crippen LogP contribution in [0.3, 0.4) is 0 Å². The normalized spacial score (nSPS) is 18.6. The molecule has 0 spiro atoms. The van der Waals surface area contributed by atoms with Gasteiger partial charge in [0.2, 0.25) is 11.8 Å². The molecular weight excluding hydrogens is 304 g/mol. The van der Waals surface area contributed by atoms with Gasteiger partial charge in [0, 0.05) is 51.3 Å². The van der Waals surface area contributed by atoms with E-state index in [1.165, 1.54) is 0 Å². The Kier molecular flexibility index (Phi) is 4.94. The number of amides is 1. The number of anilines is 1. The molecule has 1 aromatic rings. The summed E-state index contributed by atoms with van der Waals surface area (Å²) < 4.78 is 5.73. The second-order valence-corrected chi connectivity index (χ2v) is 7.76. The topological polar surface area (TPSA) is 57.7 Å². The molecule has 0 aromatic carbocycles. The lowest BCUT2D eigenvalue weighted by molar-refractivity contribution is -0.133. The number of ether oxygens (including phenoxy) is 1. The molecule has 0 aliphatic carbocycles. The first-order valence-corrected chi connectivity index (χ1v) is 8.78. The summed E-state index contributed by atoms with van der Waals surface area (Å²) in [7, 11) is 0. The Morgan fingerprint density at radius 2 is 2.00 bits per heavy atom. The van der Waals surface area contributed by atoms with Gasteiger partial charge in [-0.15, -0.1) is 0 Å². The average molecular weight is 332 g/mol. The van der Waals surface area contributed by atoms with Crippen molar-refractivity contribution in [2.24, 2.45) is 5.41 Å². The van der Waals surface area contributed by atoms with Crippen molar-refractivity contribution in [1.82, 2.24) is 15.2 Å². The minimum Gasteiger partial charge on any atom is -0.476 e. The maximum Gasteiger partial charge on any atom is 0.223 e. The van der Waals surface area contributed by atoms with Crippen LogP contribution < -0.4 is 15.0 Å². The molecule has 132 valence electrons. The maximum absolute atomic E-state index is 12.4. The number of carbonyl (C=O) groups is 1. The Hall–Kier alpha value is -1.82. The maximum atomic E-state index is 12.4. The molecule has 3 heterocycles. The summed E-state index contributed by atoms with van der Waals surface area (Å²) in [6.45, 7) is 11.8. The van der Waals surface area contributed by atoms with E-state index in [2.05, 4.69) is 48.1 Å². The molecule has 2 aliphatic rings. The molecular formula is C18H28N4O2. The first-order valence-electron chi connectivity index (χ1n) is 8.78. The van der Waals surface area contributed by atoms with Crippen molar-refractivity contribution < 1.29 is 9.53 Å². The fourth-order valence-corrected chi connectivity index (χ4v) is 3.09. The SMILES string of the molecule is CC(C)(C)CC(=O)N1CCN(c2ccc3c(n2)OCCNC3)CC1. The van der Waals surface area contributed by atoms with E-state index in [-0.39, 0.29) is 11.3 Å². The zero-order valence-corrected chi connectivity index (χ0v) is 15.0. The third kappa shape index (κ3) is 4.17. The van der Waals surface area contributed by atoms with Crippen molar-refractivity contribution in [2.75, 3.05) is 44.2 Å². The first-order chi connectivity index (χ1) is 11.4. The van der Waals surface area contributed by atoms with Crippen LogP contribution in [0, 0.1) is 5.41 Å². The molecule has 0 unspecified atom stereocenters. The van der Waals surface area contributed by atoms with Gasteiger partial charge in [-0.3, -0.25) is 4.79 Å². The van der Waals surface area contributed by atoms with Crippen LogP contribution in [0.4, 0.5) is 5.82 Å². The van der Waals surface area contributed by atoms with Crippen molar-refractivity contribution in [3.8, 4) is 5.88 Å². The molecule has 3 rings (SSSR count). The summed E-state index contributed by atoms with van der Waals surface area (Å²) >= 11 is 0. The zero-order valence-electron chi connectivity index (χ0n) is 15.0. The summed E-state index contributed by atoms with van der Waals surface area (Å²) in [5, 5.41) is 3.32. The number of hydrogen-bond acceptors (Lipinski definition) is 5. The van der Waals surface area contributed by atoms with E-state index in [0.717, 1.165) is 56.5 Å². The highest BCUT2D eigenvalue weighted by atomic mass is 16.5. The third-order valence-electron chi connectivity index (χ3n) is 4.40. The smallest absolute Gasteiger partial charge is 0.223 e. The second-order valence-electron chi connectivity index (χ2n) is 7.76. The second kappa shape index (κ2) is 6.97.